The quantitative estimate of drug-likeness (QED) is 0.578. The molecule has 182 valence electrons. The highest BCUT2D eigenvalue weighted by atomic mass is 16.5. The van der Waals surface area contributed by atoms with Crippen molar-refractivity contribution < 1.29 is 18.7 Å². The van der Waals surface area contributed by atoms with E-state index in [9.17, 15) is 4.79 Å². The van der Waals surface area contributed by atoms with Crippen LogP contribution < -0.4 is 9.47 Å². The summed E-state index contributed by atoms with van der Waals surface area (Å²) in [6, 6.07) is 11.2. The molecule has 6 heteroatoms. The Morgan fingerprint density at radius 3 is 2.06 bits per heavy atom. The average molecular weight is 465 g/mol. The summed E-state index contributed by atoms with van der Waals surface area (Å²) >= 11 is 0. The van der Waals surface area contributed by atoms with Gasteiger partial charge in [-0.2, -0.15) is 0 Å². The predicted octanol–water partition coefficient (Wildman–Crippen LogP) is 4.98. The molecular formula is C28H36N2O4. The smallest absolute Gasteiger partial charge is 0.289 e. The Hall–Kier alpha value is -2.47. The minimum absolute atomic E-state index is 0.00233. The van der Waals surface area contributed by atoms with Gasteiger partial charge in [0.2, 0.25) is 0 Å². The number of carbonyl (C=O) groups excluding carboxylic acids is 1. The van der Waals surface area contributed by atoms with Crippen LogP contribution in [0.3, 0.4) is 0 Å². The molecule has 1 aromatic carbocycles. The van der Waals surface area contributed by atoms with Gasteiger partial charge in [-0.25, -0.2) is 0 Å². The summed E-state index contributed by atoms with van der Waals surface area (Å²) < 4.78 is 17.1. The van der Waals surface area contributed by atoms with Crippen molar-refractivity contribution >= 4 is 5.91 Å². The van der Waals surface area contributed by atoms with E-state index in [-0.39, 0.29) is 5.91 Å². The molecule has 6 nitrogen and oxygen atoms in total. The van der Waals surface area contributed by atoms with Crippen molar-refractivity contribution in [2.75, 3.05) is 32.8 Å². The zero-order valence-electron chi connectivity index (χ0n) is 20.2. The monoisotopic (exact) mass is 464 g/mol. The lowest BCUT2D eigenvalue weighted by Crippen LogP contribution is -2.64. The Morgan fingerprint density at radius 1 is 0.882 bits per heavy atom. The van der Waals surface area contributed by atoms with Crippen molar-refractivity contribution in [1.29, 1.82) is 0 Å². The molecule has 2 heterocycles. The van der Waals surface area contributed by atoms with Crippen LogP contribution in [0.15, 0.2) is 40.8 Å². The molecule has 4 bridgehead atoms. The van der Waals surface area contributed by atoms with E-state index >= 15 is 0 Å². The zero-order chi connectivity index (χ0) is 23.1. The van der Waals surface area contributed by atoms with Crippen molar-refractivity contribution in [3.8, 4) is 11.5 Å². The predicted molar refractivity (Wildman–Crippen MR) is 129 cm³/mol. The number of furan rings is 1. The van der Waals surface area contributed by atoms with Gasteiger partial charge < -0.3 is 18.8 Å². The van der Waals surface area contributed by atoms with Crippen molar-refractivity contribution in [2.45, 2.75) is 57.6 Å². The Balaban J connectivity index is 1.02. The van der Waals surface area contributed by atoms with Gasteiger partial charge in [-0.15, -0.1) is 0 Å². The lowest BCUT2D eigenvalue weighted by molar-refractivity contribution is -0.0988. The molecule has 34 heavy (non-hydrogen) atoms. The van der Waals surface area contributed by atoms with Crippen molar-refractivity contribution in [3.05, 3.63) is 47.9 Å². The van der Waals surface area contributed by atoms with Gasteiger partial charge >= 0.3 is 0 Å². The summed E-state index contributed by atoms with van der Waals surface area (Å²) in [7, 11) is 0. The Kier molecular flexibility index (Phi) is 5.80. The van der Waals surface area contributed by atoms with Crippen molar-refractivity contribution in [1.82, 2.24) is 9.80 Å². The number of amides is 1. The maximum absolute atomic E-state index is 13.1. The molecule has 0 unspecified atom stereocenters. The minimum atomic E-state index is -0.00233. The number of benzene rings is 1. The lowest BCUT2D eigenvalue weighted by Gasteiger charge is -2.61. The zero-order valence-corrected chi connectivity index (χ0v) is 20.2. The number of carbonyl (C=O) groups is 1. The number of ether oxygens (including phenoxy) is 2. The van der Waals surface area contributed by atoms with Gasteiger partial charge in [0.25, 0.3) is 5.91 Å². The fourth-order valence-electron chi connectivity index (χ4n) is 7.52. The molecule has 0 atom stereocenters. The van der Waals surface area contributed by atoms with Crippen LogP contribution in [0.25, 0.3) is 0 Å². The molecule has 1 aromatic heterocycles. The molecule has 1 amide bonds. The molecule has 5 aliphatic rings. The number of piperazine rings is 1. The van der Waals surface area contributed by atoms with Crippen LogP contribution in [-0.4, -0.2) is 54.0 Å². The van der Waals surface area contributed by atoms with Gasteiger partial charge in [0.05, 0.1) is 6.61 Å². The second kappa shape index (κ2) is 8.95. The number of nitrogens with zero attached hydrogens (tertiary/aromatic N) is 2. The van der Waals surface area contributed by atoms with Gasteiger partial charge in [0.1, 0.15) is 23.9 Å². The van der Waals surface area contributed by atoms with Crippen LogP contribution in [0.4, 0.5) is 0 Å². The first-order valence-corrected chi connectivity index (χ1v) is 13.1. The van der Waals surface area contributed by atoms with E-state index in [0.717, 1.165) is 55.4 Å². The van der Waals surface area contributed by atoms with E-state index in [0.29, 0.717) is 30.3 Å². The summed E-state index contributed by atoms with van der Waals surface area (Å²) in [5, 5.41) is 0. The highest BCUT2D eigenvalue weighted by molar-refractivity contribution is 5.91. The maximum Gasteiger partial charge on any atom is 0.289 e. The SMILES string of the molecule is CCOc1ccc(OCc2ccc(C(=O)N3CCN(C45CC6CC(CC(C6)C4)C5)CC3)o2)cc1. The molecule has 4 aliphatic carbocycles. The largest absolute Gasteiger partial charge is 0.494 e. The van der Waals surface area contributed by atoms with Crippen LogP contribution in [0.1, 0.15) is 61.8 Å². The van der Waals surface area contributed by atoms with Gasteiger partial charge in [-0.05, 0) is 99.6 Å². The molecule has 0 radical (unpaired) electrons. The van der Waals surface area contributed by atoms with Crippen molar-refractivity contribution in [3.63, 3.8) is 0 Å². The number of hydrogen-bond donors (Lipinski definition) is 0. The van der Waals surface area contributed by atoms with Gasteiger partial charge in [-0.1, -0.05) is 0 Å². The highest BCUT2D eigenvalue weighted by Gasteiger charge is 2.53. The van der Waals surface area contributed by atoms with Gasteiger partial charge in [0, 0.05) is 31.7 Å². The third-order valence-electron chi connectivity index (χ3n) is 8.63. The van der Waals surface area contributed by atoms with E-state index < -0.39 is 0 Å². The second-order valence-electron chi connectivity index (χ2n) is 10.9. The normalized spacial score (nSPS) is 30.5. The van der Waals surface area contributed by atoms with Gasteiger partial charge in [0.15, 0.2) is 5.76 Å². The standard InChI is InChI=1S/C28H36N2O4/c1-2-32-23-3-5-24(6-4-23)33-19-25-7-8-26(34-25)27(31)29-9-11-30(12-10-29)28-16-20-13-21(17-28)15-22(14-20)18-28/h3-8,20-22H,2,9-19H2,1H3. The fraction of sp³-hybridized carbons (Fsp3) is 0.607. The van der Waals surface area contributed by atoms with Crippen LogP contribution in [-0.2, 0) is 6.61 Å². The first kappa shape index (κ1) is 22.0. The van der Waals surface area contributed by atoms with Crippen LogP contribution in [0.2, 0.25) is 0 Å². The second-order valence-corrected chi connectivity index (χ2v) is 10.9. The molecule has 5 fully saturated rings. The molecule has 0 N–H and O–H groups in total. The summed E-state index contributed by atoms with van der Waals surface area (Å²) in [6.07, 6.45) is 8.59. The van der Waals surface area contributed by atoms with Crippen LogP contribution >= 0.6 is 0 Å². The van der Waals surface area contributed by atoms with E-state index in [1.807, 2.05) is 42.2 Å². The van der Waals surface area contributed by atoms with E-state index in [1.54, 1.807) is 6.07 Å². The Morgan fingerprint density at radius 2 is 1.47 bits per heavy atom. The highest BCUT2D eigenvalue weighted by Crippen LogP contribution is 2.57. The Bertz CT molecular complexity index is 970. The molecule has 2 aromatic rings. The van der Waals surface area contributed by atoms with E-state index in [4.69, 9.17) is 13.9 Å². The number of hydrogen-bond acceptors (Lipinski definition) is 5. The molecule has 1 aliphatic heterocycles. The van der Waals surface area contributed by atoms with Crippen LogP contribution in [0.5, 0.6) is 11.5 Å². The maximum atomic E-state index is 13.1. The van der Waals surface area contributed by atoms with Gasteiger partial charge in [-0.3, -0.25) is 9.69 Å². The fourth-order valence-corrected chi connectivity index (χ4v) is 7.52. The molecular weight excluding hydrogens is 428 g/mol. The summed E-state index contributed by atoms with van der Waals surface area (Å²) in [4.78, 5) is 17.8. The molecule has 4 saturated carbocycles. The molecule has 0 spiro atoms. The molecule has 7 rings (SSSR count). The minimum Gasteiger partial charge on any atom is -0.494 e. The molecule has 1 saturated heterocycles. The lowest BCUT2D eigenvalue weighted by atomic mass is 9.52. The first-order chi connectivity index (χ1) is 16.6. The van der Waals surface area contributed by atoms with E-state index in [2.05, 4.69) is 4.90 Å². The third-order valence-corrected chi connectivity index (χ3v) is 8.63. The number of rotatable bonds is 7. The van der Waals surface area contributed by atoms with Crippen LogP contribution in [0, 0.1) is 17.8 Å². The summed E-state index contributed by atoms with van der Waals surface area (Å²) in [5.41, 5.74) is 0.431. The summed E-state index contributed by atoms with van der Waals surface area (Å²) in [5.74, 6) is 5.50. The van der Waals surface area contributed by atoms with Crippen molar-refractivity contribution in [2.24, 2.45) is 17.8 Å². The third kappa shape index (κ3) is 4.21. The van der Waals surface area contributed by atoms with E-state index in [1.165, 1.54) is 38.5 Å². The first-order valence-electron chi connectivity index (χ1n) is 13.1. The summed E-state index contributed by atoms with van der Waals surface area (Å²) in [6.45, 7) is 6.46. The Labute approximate surface area is 202 Å². The topological polar surface area (TPSA) is 55.2 Å². The average Bonchev–Trinajstić information content (AvgIpc) is 3.32.